The standard InChI is InChI=1S/C11H19ClN4S/c1-4-5-16(7-10(13)17)6-9-8(2)14-15(3)11(9)12/h4-7H2,1-3H3,(H2,13,17). The molecule has 1 aromatic heterocycles. The molecule has 0 saturated carbocycles. The van der Waals surface area contributed by atoms with Crippen LogP contribution in [0.5, 0.6) is 0 Å². The fourth-order valence-corrected chi connectivity index (χ4v) is 2.24. The maximum Gasteiger partial charge on any atom is 0.131 e. The average molecular weight is 275 g/mol. The molecule has 0 bridgehead atoms. The first-order chi connectivity index (χ1) is 7.95. The van der Waals surface area contributed by atoms with Gasteiger partial charge in [0.1, 0.15) is 5.15 Å². The van der Waals surface area contributed by atoms with Gasteiger partial charge in [0, 0.05) is 25.7 Å². The van der Waals surface area contributed by atoms with Gasteiger partial charge in [0.25, 0.3) is 0 Å². The van der Waals surface area contributed by atoms with E-state index in [0.29, 0.717) is 16.7 Å². The minimum absolute atomic E-state index is 0.510. The summed E-state index contributed by atoms with van der Waals surface area (Å²) >= 11 is 11.2. The number of aromatic nitrogens is 2. The number of hydrogen-bond donors (Lipinski definition) is 1. The van der Waals surface area contributed by atoms with Crippen molar-refractivity contribution < 1.29 is 0 Å². The Morgan fingerprint density at radius 1 is 1.59 bits per heavy atom. The molecule has 0 aliphatic heterocycles. The maximum atomic E-state index is 6.20. The van der Waals surface area contributed by atoms with E-state index >= 15 is 0 Å². The zero-order valence-corrected chi connectivity index (χ0v) is 12.1. The molecular weight excluding hydrogens is 256 g/mol. The molecule has 96 valence electrons. The second-order valence-electron chi connectivity index (χ2n) is 4.16. The van der Waals surface area contributed by atoms with Crippen LogP contribution in [0.25, 0.3) is 0 Å². The van der Waals surface area contributed by atoms with Crippen LogP contribution < -0.4 is 5.73 Å². The molecule has 0 radical (unpaired) electrons. The highest BCUT2D eigenvalue weighted by Gasteiger charge is 2.15. The van der Waals surface area contributed by atoms with Crippen LogP contribution in [0.1, 0.15) is 24.6 Å². The van der Waals surface area contributed by atoms with E-state index in [2.05, 4.69) is 16.9 Å². The van der Waals surface area contributed by atoms with Crippen molar-refractivity contribution in [2.45, 2.75) is 26.8 Å². The van der Waals surface area contributed by atoms with Crippen LogP contribution in [0.15, 0.2) is 0 Å². The summed E-state index contributed by atoms with van der Waals surface area (Å²) < 4.78 is 1.69. The van der Waals surface area contributed by atoms with Crippen LogP contribution in [-0.2, 0) is 13.6 Å². The molecule has 2 N–H and O–H groups in total. The second kappa shape index (κ2) is 6.33. The first kappa shape index (κ1) is 14.4. The number of hydrogen-bond acceptors (Lipinski definition) is 3. The highest BCUT2D eigenvalue weighted by Crippen LogP contribution is 2.20. The van der Waals surface area contributed by atoms with Gasteiger partial charge in [0.2, 0.25) is 0 Å². The predicted molar refractivity (Wildman–Crippen MR) is 75.3 cm³/mol. The van der Waals surface area contributed by atoms with Crippen LogP contribution in [-0.4, -0.2) is 32.8 Å². The van der Waals surface area contributed by atoms with Crippen molar-refractivity contribution in [2.24, 2.45) is 12.8 Å². The van der Waals surface area contributed by atoms with Crippen molar-refractivity contribution >= 4 is 28.8 Å². The fraction of sp³-hybridized carbons (Fsp3) is 0.636. The number of nitrogens with two attached hydrogens (primary N) is 1. The molecule has 1 rings (SSSR count). The summed E-state index contributed by atoms with van der Waals surface area (Å²) in [5.74, 6) is 0. The Bertz CT molecular complexity index is 402. The molecule has 6 heteroatoms. The van der Waals surface area contributed by atoms with Gasteiger partial charge >= 0.3 is 0 Å². The summed E-state index contributed by atoms with van der Waals surface area (Å²) in [7, 11) is 1.84. The van der Waals surface area contributed by atoms with Crippen molar-refractivity contribution in [1.82, 2.24) is 14.7 Å². The van der Waals surface area contributed by atoms with E-state index in [4.69, 9.17) is 29.6 Å². The molecule has 0 unspecified atom stereocenters. The monoisotopic (exact) mass is 274 g/mol. The van der Waals surface area contributed by atoms with Crippen molar-refractivity contribution in [3.63, 3.8) is 0 Å². The Morgan fingerprint density at radius 2 is 2.24 bits per heavy atom. The normalized spacial score (nSPS) is 11.1. The number of rotatable bonds is 6. The molecular formula is C11H19ClN4S. The van der Waals surface area contributed by atoms with E-state index in [1.807, 2.05) is 14.0 Å². The summed E-state index contributed by atoms with van der Waals surface area (Å²) in [6, 6.07) is 0. The van der Waals surface area contributed by atoms with Crippen LogP contribution in [0.3, 0.4) is 0 Å². The zero-order valence-electron chi connectivity index (χ0n) is 10.5. The first-order valence-electron chi connectivity index (χ1n) is 5.64. The summed E-state index contributed by atoms with van der Waals surface area (Å²) in [5, 5.41) is 4.98. The molecule has 4 nitrogen and oxygen atoms in total. The molecule has 1 heterocycles. The highest BCUT2D eigenvalue weighted by atomic mass is 35.5. The van der Waals surface area contributed by atoms with Crippen molar-refractivity contribution in [3.8, 4) is 0 Å². The SMILES string of the molecule is CCCN(CC(N)=S)Cc1c(C)nn(C)c1Cl. The molecule has 0 aromatic carbocycles. The van der Waals surface area contributed by atoms with Gasteiger partial charge in [0.15, 0.2) is 0 Å². The topological polar surface area (TPSA) is 47.1 Å². The summed E-state index contributed by atoms with van der Waals surface area (Å²) in [5.41, 5.74) is 7.61. The smallest absolute Gasteiger partial charge is 0.131 e. The van der Waals surface area contributed by atoms with Gasteiger partial charge in [0.05, 0.1) is 10.7 Å². The lowest BCUT2D eigenvalue weighted by Crippen LogP contribution is -2.33. The largest absolute Gasteiger partial charge is 0.392 e. The Hall–Kier alpha value is -0.650. The van der Waals surface area contributed by atoms with Gasteiger partial charge in [-0.05, 0) is 19.9 Å². The zero-order chi connectivity index (χ0) is 13.0. The molecule has 0 spiro atoms. The first-order valence-corrected chi connectivity index (χ1v) is 6.43. The van der Waals surface area contributed by atoms with Gasteiger partial charge in [-0.2, -0.15) is 5.10 Å². The maximum absolute atomic E-state index is 6.20. The quantitative estimate of drug-likeness (QED) is 0.805. The van der Waals surface area contributed by atoms with E-state index in [1.165, 1.54) is 0 Å². The van der Waals surface area contributed by atoms with Gasteiger partial charge in [-0.1, -0.05) is 30.7 Å². The minimum Gasteiger partial charge on any atom is -0.392 e. The second-order valence-corrected chi connectivity index (χ2v) is 5.04. The molecule has 17 heavy (non-hydrogen) atoms. The van der Waals surface area contributed by atoms with E-state index < -0.39 is 0 Å². The third kappa shape index (κ3) is 3.94. The summed E-state index contributed by atoms with van der Waals surface area (Å²) in [4.78, 5) is 2.70. The number of nitrogens with zero attached hydrogens (tertiary/aromatic N) is 3. The van der Waals surface area contributed by atoms with Crippen LogP contribution in [0.2, 0.25) is 5.15 Å². The molecule has 0 aliphatic carbocycles. The molecule has 0 fully saturated rings. The summed E-state index contributed by atoms with van der Waals surface area (Å²) in [6.45, 7) is 6.40. The lowest BCUT2D eigenvalue weighted by Gasteiger charge is -2.20. The average Bonchev–Trinajstić information content (AvgIpc) is 2.44. The van der Waals surface area contributed by atoms with E-state index in [-0.39, 0.29) is 0 Å². The molecule has 1 aromatic rings. The molecule has 0 amide bonds. The van der Waals surface area contributed by atoms with Crippen LogP contribution >= 0.6 is 23.8 Å². The number of aryl methyl sites for hydroxylation is 2. The van der Waals surface area contributed by atoms with Gasteiger partial charge in [-0.25, -0.2) is 0 Å². The predicted octanol–water partition coefficient (Wildman–Crippen LogP) is 1.88. The van der Waals surface area contributed by atoms with Crippen LogP contribution in [0.4, 0.5) is 0 Å². The molecule has 0 aliphatic rings. The molecule has 0 saturated heterocycles. The van der Waals surface area contributed by atoms with E-state index in [9.17, 15) is 0 Å². The highest BCUT2D eigenvalue weighted by molar-refractivity contribution is 7.80. The lowest BCUT2D eigenvalue weighted by molar-refractivity contribution is 0.304. The third-order valence-electron chi connectivity index (χ3n) is 2.57. The van der Waals surface area contributed by atoms with Crippen molar-refractivity contribution in [2.75, 3.05) is 13.1 Å². The fourth-order valence-electron chi connectivity index (χ4n) is 1.83. The van der Waals surface area contributed by atoms with E-state index in [1.54, 1.807) is 4.68 Å². The third-order valence-corrected chi connectivity index (χ3v) is 3.17. The number of halogens is 1. The Labute approximate surface area is 113 Å². The van der Waals surface area contributed by atoms with Gasteiger partial charge in [-0.15, -0.1) is 0 Å². The summed E-state index contributed by atoms with van der Waals surface area (Å²) in [6.07, 6.45) is 1.06. The number of thiocarbonyl (C=S) groups is 1. The molecule has 0 atom stereocenters. The Kier molecular flexibility index (Phi) is 5.36. The van der Waals surface area contributed by atoms with Crippen molar-refractivity contribution in [3.05, 3.63) is 16.4 Å². The Balaban J connectivity index is 2.81. The van der Waals surface area contributed by atoms with Gasteiger partial charge in [-0.3, -0.25) is 9.58 Å². The van der Waals surface area contributed by atoms with Crippen LogP contribution in [0, 0.1) is 6.92 Å². The lowest BCUT2D eigenvalue weighted by atomic mass is 10.2. The minimum atomic E-state index is 0.510. The van der Waals surface area contributed by atoms with E-state index in [0.717, 1.165) is 30.8 Å². The van der Waals surface area contributed by atoms with Gasteiger partial charge < -0.3 is 5.73 Å². The van der Waals surface area contributed by atoms with Crippen molar-refractivity contribution in [1.29, 1.82) is 0 Å². The Morgan fingerprint density at radius 3 is 2.65 bits per heavy atom.